The fourth-order valence-corrected chi connectivity index (χ4v) is 2.40. The summed E-state index contributed by atoms with van der Waals surface area (Å²) in [6.07, 6.45) is 6.78. The molecule has 1 heterocycles. The van der Waals surface area contributed by atoms with E-state index in [4.69, 9.17) is 0 Å². The third-order valence-corrected chi connectivity index (χ3v) is 3.95. The third-order valence-electron chi connectivity index (χ3n) is 3.95. The minimum atomic E-state index is -1.04. The highest BCUT2D eigenvalue weighted by atomic mass is 16.4. The van der Waals surface area contributed by atoms with Crippen molar-refractivity contribution in [2.75, 3.05) is 13.1 Å². The Kier molecular flexibility index (Phi) is 5.19. The number of carboxylic acids is 1. The van der Waals surface area contributed by atoms with Crippen molar-refractivity contribution >= 4 is 12.0 Å². The Morgan fingerprint density at radius 2 is 2.33 bits per heavy atom. The van der Waals surface area contributed by atoms with Gasteiger partial charge in [0.25, 0.3) is 0 Å². The average molecular weight is 294 g/mol. The number of hydrogen-bond acceptors (Lipinski definition) is 3. The first-order valence-electron chi connectivity index (χ1n) is 7.35. The molecule has 1 aromatic heterocycles. The zero-order chi connectivity index (χ0) is 15.2. The summed E-state index contributed by atoms with van der Waals surface area (Å²) in [4.78, 5) is 31.9. The molecule has 1 aromatic rings. The number of hydrogen-bond donors (Lipinski definition) is 3. The normalized spacial score (nSPS) is 16.0. The van der Waals surface area contributed by atoms with Gasteiger partial charge in [-0.25, -0.2) is 14.6 Å². The molecule has 1 aliphatic rings. The molecule has 0 unspecified atom stereocenters. The third kappa shape index (κ3) is 4.21. The molecule has 0 radical (unpaired) electrons. The van der Waals surface area contributed by atoms with E-state index in [1.54, 1.807) is 11.1 Å². The predicted octanol–water partition coefficient (Wildman–Crippen LogP) is 1.24. The van der Waals surface area contributed by atoms with Crippen molar-refractivity contribution in [3.63, 3.8) is 0 Å². The maximum absolute atomic E-state index is 12.2. The highest BCUT2D eigenvalue weighted by Gasteiger charge is 2.26. The summed E-state index contributed by atoms with van der Waals surface area (Å²) in [6.45, 7) is 3.19. The van der Waals surface area contributed by atoms with Crippen LogP contribution in [0.25, 0.3) is 0 Å². The van der Waals surface area contributed by atoms with Gasteiger partial charge >= 0.3 is 12.0 Å². The van der Waals surface area contributed by atoms with E-state index in [0.29, 0.717) is 24.7 Å². The molecule has 0 bridgehead atoms. The van der Waals surface area contributed by atoms with Crippen molar-refractivity contribution in [2.24, 2.45) is 5.92 Å². The van der Waals surface area contributed by atoms with Gasteiger partial charge in [-0.05, 0) is 25.7 Å². The van der Waals surface area contributed by atoms with Crippen LogP contribution in [0.5, 0.6) is 0 Å². The number of aromatic nitrogens is 2. The number of H-pyrrole nitrogens is 1. The lowest BCUT2D eigenvalue weighted by Crippen LogP contribution is -2.50. The summed E-state index contributed by atoms with van der Waals surface area (Å²) in [5, 5.41) is 11.8. The topological polar surface area (TPSA) is 98.3 Å². The van der Waals surface area contributed by atoms with Crippen LogP contribution in [0.2, 0.25) is 0 Å². The van der Waals surface area contributed by atoms with Crippen molar-refractivity contribution in [3.05, 3.63) is 18.2 Å². The Labute approximate surface area is 123 Å². The van der Waals surface area contributed by atoms with Crippen LogP contribution in [-0.4, -0.2) is 51.1 Å². The fourth-order valence-electron chi connectivity index (χ4n) is 2.40. The molecule has 1 saturated carbocycles. The molecule has 21 heavy (non-hydrogen) atoms. The molecule has 7 nitrogen and oxygen atoms in total. The lowest BCUT2D eigenvalue weighted by molar-refractivity contribution is -0.139. The van der Waals surface area contributed by atoms with Gasteiger partial charge in [0.05, 0.1) is 6.33 Å². The summed E-state index contributed by atoms with van der Waals surface area (Å²) in [7, 11) is 0. The van der Waals surface area contributed by atoms with Crippen LogP contribution in [0.15, 0.2) is 12.5 Å². The van der Waals surface area contributed by atoms with Crippen LogP contribution >= 0.6 is 0 Å². The van der Waals surface area contributed by atoms with Gasteiger partial charge in [0.15, 0.2) is 0 Å². The first-order valence-corrected chi connectivity index (χ1v) is 7.35. The van der Waals surface area contributed by atoms with Crippen molar-refractivity contribution in [3.8, 4) is 0 Å². The molecule has 0 spiro atoms. The first-order chi connectivity index (χ1) is 10.1. The van der Waals surface area contributed by atoms with Crippen LogP contribution < -0.4 is 5.32 Å². The standard InChI is InChI=1S/C14H22N4O3/c1-2-18(8-10-4-3-5-10)14(21)17-12(13(19)20)6-11-7-15-9-16-11/h7,9-10,12H,2-6,8H2,1H3,(H,15,16)(H,17,21)(H,19,20)/t12-/m0/s1. The van der Waals surface area contributed by atoms with Crippen molar-refractivity contribution in [2.45, 2.75) is 38.6 Å². The van der Waals surface area contributed by atoms with Crippen LogP contribution in [0.3, 0.4) is 0 Å². The zero-order valence-corrected chi connectivity index (χ0v) is 12.2. The number of nitrogens with zero attached hydrogens (tertiary/aromatic N) is 2. The molecule has 3 N–H and O–H groups in total. The Hall–Kier alpha value is -2.05. The maximum atomic E-state index is 12.2. The van der Waals surface area contributed by atoms with Crippen LogP contribution in [-0.2, 0) is 11.2 Å². The molecule has 7 heteroatoms. The Morgan fingerprint density at radius 3 is 2.81 bits per heavy atom. The SMILES string of the molecule is CCN(CC1CCC1)C(=O)N[C@@H](Cc1cnc[nH]1)C(=O)O. The maximum Gasteiger partial charge on any atom is 0.326 e. The van der Waals surface area contributed by atoms with E-state index in [0.717, 1.165) is 12.8 Å². The molecule has 2 amide bonds. The van der Waals surface area contributed by atoms with Crippen molar-refractivity contribution in [1.82, 2.24) is 20.2 Å². The zero-order valence-electron chi connectivity index (χ0n) is 12.2. The van der Waals surface area contributed by atoms with Crippen LogP contribution in [0.4, 0.5) is 4.79 Å². The molecule has 0 saturated heterocycles. The lowest BCUT2D eigenvalue weighted by Gasteiger charge is -2.32. The number of amides is 2. The summed E-state index contributed by atoms with van der Waals surface area (Å²) >= 11 is 0. The molecule has 1 fully saturated rings. The first kappa shape index (κ1) is 15.3. The van der Waals surface area contributed by atoms with E-state index in [-0.39, 0.29) is 12.5 Å². The molecule has 0 aromatic carbocycles. The molecular weight excluding hydrogens is 272 g/mol. The van der Waals surface area contributed by atoms with Crippen molar-refractivity contribution < 1.29 is 14.7 Å². The second-order valence-electron chi connectivity index (χ2n) is 5.46. The Bertz CT molecular complexity index is 471. The Morgan fingerprint density at radius 1 is 1.57 bits per heavy atom. The smallest absolute Gasteiger partial charge is 0.326 e. The molecule has 0 aliphatic heterocycles. The van der Waals surface area contributed by atoms with E-state index in [1.807, 2.05) is 6.92 Å². The highest BCUT2D eigenvalue weighted by Crippen LogP contribution is 2.27. The second-order valence-corrected chi connectivity index (χ2v) is 5.46. The molecular formula is C14H22N4O3. The van der Waals surface area contributed by atoms with Gasteiger partial charge in [-0.15, -0.1) is 0 Å². The van der Waals surface area contributed by atoms with E-state index in [2.05, 4.69) is 15.3 Å². The number of carboxylic acid groups (broad SMARTS) is 1. The van der Waals surface area contributed by atoms with Gasteiger partial charge in [-0.3, -0.25) is 0 Å². The Balaban J connectivity index is 1.91. The second kappa shape index (κ2) is 7.10. The number of imidazole rings is 1. The largest absolute Gasteiger partial charge is 0.480 e. The van der Waals surface area contributed by atoms with E-state index < -0.39 is 12.0 Å². The number of aliphatic carboxylic acids is 1. The number of aromatic amines is 1. The van der Waals surface area contributed by atoms with Gasteiger partial charge in [-0.2, -0.15) is 0 Å². The molecule has 1 aliphatic carbocycles. The quantitative estimate of drug-likeness (QED) is 0.704. The predicted molar refractivity (Wildman–Crippen MR) is 76.8 cm³/mol. The monoisotopic (exact) mass is 294 g/mol. The number of carbonyl (C=O) groups is 2. The van der Waals surface area contributed by atoms with Gasteiger partial charge in [0, 0.05) is 31.4 Å². The molecule has 2 rings (SSSR count). The van der Waals surface area contributed by atoms with Gasteiger partial charge in [0.1, 0.15) is 6.04 Å². The number of nitrogens with one attached hydrogen (secondary N) is 2. The summed E-state index contributed by atoms with van der Waals surface area (Å²) in [5.41, 5.74) is 0.685. The molecule has 116 valence electrons. The average Bonchev–Trinajstić information content (AvgIpc) is 2.89. The van der Waals surface area contributed by atoms with Gasteiger partial charge in [0.2, 0.25) is 0 Å². The summed E-state index contributed by atoms with van der Waals surface area (Å²) in [5.74, 6) is -0.482. The highest BCUT2D eigenvalue weighted by molar-refractivity contribution is 5.82. The van der Waals surface area contributed by atoms with Gasteiger partial charge in [-0.1, -0.05) is 6.42 Å². The van der Waals surface area contributed by atoms with E-state index in [1.165, 1.54) is 12.7 Å². The number of carbonyl (C=O) groups excluding carboxylic acids is 1. The minimum absolute atomic E-state index is 0.196. The number of rotatable bonds is 7. The van der Waals surface area contributed by atoms with Crippen LogP contribution in [0, 0.1) is 5.92 Å². The van der Waals surface area contributed by atoms with E-state index in [9.17, 15) is 14.7 Å². The molecule has 1 atom stereocenters. The van der Waals surface area contributed by atoms with Crippen molar-refractivity contribution in [1.29, 1.82) is 0 Å². The summed E-state index contributed by atoms with van der Waals surface area (Å²) in [6, 6.07) is -1.26. The fraction of sp³-hybridized carbons (Fsp3) is 0.643. The van der Waals surface area contributed by atoms with Crippen LogP contribution in [0.1, 0.15) is 31.9 Å². The van der Waals surface area contributed by atoms with E-state index >= 15 is 0 Å². The van der Waals surface area contributed by atoms with Gasteiger partial charge < -0.3 is 20.3 Å². The minimum Gasteiger partial charge on any atom is -0.480 e. The lowest BCUT2D eigenvalue weighted by atomic mass is 9.85. The summed E-state index contributed by atoms with van der Waals surface area (Å²) < 4.78 is 0. The number of urea groups is 1.